The first-order valence-corrected chi connectivity index (χ1v) is 6.72. The molecule has 1 fully saturated rings. The van der Waals surface area contributed by atoms with Crippen molar-refractivity contribution in [3.63, 3.8) is 0 Å². The summed E-state index contributed by atoms with van der Waals surface area (Å²) in [7, 11) is 0. The molecule has 9 nitrogen and oxygen atoms in total. The summed E-state index contributed by atoms with van der Waals surface area (Å²) in [4.78, 5) is 47.0. The third-order valence-corrected chi connectivity index (χ3v) is 3.67. The van der Waals surface area contributed by atoms with Crippen LogP contribution in [0.25, 0.3) is 0 Å². The molecule has 2 rings (SSSR count). The number of aromatic amines is 1. The quantitative estimate of drug-likeness (QED) is 0.622. The van der Waals surface area contributed by atoms with E-state index in [1.165, 1.54) is 10.8 Å². The molecule has 1 heterocycles. The van der Waals surface area contributed by atoms with Crippen LogP contribution in [0.5, 0.6) is 0 Å². The van der Waals surface area contributed by atoms with Crippen LogP contribution in [0, 0.1) is 6.92 Å². The fraction of sp³-hybridized carbons (Fsp3) is 0.538. The van der Waals surface area contributed by atoms with Crippen molar-refractivity contribution >= 4 is 11.9 Å². The molecule has 9 heteroatoms. The number of aliphatic carboxylic acids is 2. The van der Waals surface area contributed by atoms with Crippen molar-refractivity contribution in [2.75, 3.05) is 0 Å². The van der Waals surface area contributed by atoms with Crippen molar-refractivity contribution < 1.29 is 24.5 Å². The lowest BCUT2D eigenvalue weighted by molar-refractivity contribution is -0.170. The first kappa shape index (κ1) is 16.0. The van der Waals surface area contributed by atoms with Gasteiger partial charge in [-0.3, -0.25) is 14.3 Å². The Morgan fingerprint density at radius 2 is 1.95 bits per heavy atom. The number of hydrogen-bond donors (Lipinski definition) is 3. The fourth-order valence-corrected chi connectivity index (χ4v) is 2.57. The van der Waals surface area contributed by atoms with Crippen molar-refractivity contribution in [1.82, 2.24) is 9.55 Å². The molecular weight excluding hydrogens is 296 g/mol. The smallest absolute Gasteiger partial charge is 0.344 e. The number of H-pyrrole nitrogens is 1. The third-order valence-electron chi connectivity index (χ3n) is 3.67. The summed E-state index contributed by atoms with van der Waals surface area (Å²) in [5.41, 5.74) is -0.615. The molecular formula is C13H16N2O7. The Kier molecular flexibility index (Phi) is 4.45. The number of carboxylic acid groups (broad SMARTS) is 2. The van der Waals surface area contributed by atoms with Gasteiger partial charge in [0.05, 0.1) is 6.10 Å². The van der Waals surface area contributed by atoms with Crippen LogP contribution >= 0.6 is 0 Å². The molecule has 0 unspecified atom stereocenters. The van der Waals surface area contributed by atoms with Crippen LogP contribution in [0.3, 0.4) is 0 Å². The summed E-state index contributed by atoms with van der Waals surface area (Å²) in [5, 5.41) is 17.6. The predicted octanol–water partition coefficient (Wildman–Crippen LogP) is -0.507. The van der Waals surface area contributed by atoms with Gasteiger partial charge >= 0.3 is 17.6 Å². The zero-order valence-corrected chi connectivity index (χ0v) is 11.8. The van der Waals surface area contributed by atoms with Gasteiger partial charge in [0.15, 0.2) is 0 Å². The Morgan fingerprint density at radius 3 is 2.55 bits per heavy atom. The summed E-state index contributed by atoms with van der Waals surface area (Å²) in [6.07, 6.45) is 0.232. The topological polar surface area (TPSA) is 139 Å². The van der Waals surface area contributed by atoms with Crippen molar-refractivity contribution in [2.45, 2.75) is 44.4 Å². The molecule has 0 saturated heterocycles. The minimum atomic E-state index is -1.92. The summed E-state index contributed by atoms with van der Waals surface area (Å²) < 4.78 is 6.47. The van der Waals surface area contributed by atoms with Crippen LogP contribution in [0.15, 0.2) is 15.8 Å². The van der Waals surface area contributed by atoms with Gasteiger partial charge in [-0.05, 0) is 26.2 Å². The molecule has 0 amide bonds. The number of ether oxygens (including phenoxy) is 1. The Hall–Kier alpha value is -2.42. The van der Waals surface area contributed by atoms with Crippen LogP contribution < -0.4 is 11.2 Å². The number of hydrogen-bond acceptors (Lipinski definition) is 5. The Labute approximate surface area is 124 Å². The standard InChI is InChI=1S/C13H16N2O7/c1-6-5-15(13(21)14-10(6)16)7-2-3-8(4-7)22-9(11(17)18)12(19)20/h5,7-9H,2-4H2,1H3,(H,17,18)(H,19,20)(H,14,16,21)/t7-,8+/m1/s1. The number of aromatic nitrogens is 2. The molecule has 0 bridgehead atoms. The maximum Gasteiger partial charge on any atom is 0.344 e. The van der Waals surface area contributed by atoms with E-state index in [1.807, 2.05) is 0 Å². The largest absolute Gasteiger partial charge is 0.479 e. The average molecular weight is 312 g/mol. The Balaban J connectivity index is 2.12. The summed E-state index contributed by atoms with van der Waals surface area (Å²) >= 11 is 0. The number of carbonyl (C=O) groups is 2. The molecule has 2 atom stereocenters. The lowest BCUT2D eigenvalue weighted by atomic mass is 10.2. The van der Waals surface area contributed by atoms with Crippen molar-refractivity contribution in [1.29, 1.82) is 0 Å². The van der Waals surface area contributed by atoms with Gasteiger partial charge in [0.1, 0.15) is 0 Å². The second-order valence-electron chi connectivity index (χ2n) is 5.26. The van der Waals surface area contributed by atoms with Crippen LogP contribution in [0.1, 0.15) is 30.9 Å². The van der Waals surface area contributed by atoms with Crippen LogP contribution in [0.4, 0.5) is 0 Å². The minimum Gasteiger partial charge on any atom is -0.479 e. The molecule has 3 N–H and O–H groups in total. The van der Waals surface area contributed by atoms with Gasteiger partial charge in [-0.1, -0.05) is 0 Å². The lowest BCUT2D eigenvalue weighted by Crippen LogP contribution is -2.36. The molecule has 1 aliphatic rings. The second-order valence-corrected chi connectivity index (χ2v) is 5.26. The highest BCUT2D eigenvalue weighted by Gasteiger charge is 2.34. The molecule has 120 valence electrons. The van der Waals surface area contributed by atoms with Gasteiger partial charge in [-0.25, -0.2) is 14.4 Å². The van der Waals surface area contributed by atoms with Gasteiger partial charge < -0.3 is 14.9 Å². The van der Waals surface area contributed by atoms with E-state index in [2.05, 4.69) is 4.98 Å². The number of nitrogens with zero attached hydrogens (tertiary/aromatic N) is 1. The highest BCUT2D eigenvalue weighted by atomic mass is 16.5. The molecule has 0 radical (unpaired) electrons. The number of carboxylic acids is 2. The van der Waals surface area contributed by atoms with E-state index in [0.717, 1.165) is 0 Å². The van der Waals surface area contributed by atoms with E-state index in [9.17, 15) is 19.2 Å². The first-order valence-electron chi connectivity index (χ1n) is 6.72. The lowest BCUT2D eigenvalue weighted by Gasteiger charge is -2.17. The van der Waals surface area contributed by atoms with Crippen LogP contribution in [0.2, 0.25) is 0 Å². The normalized spacial score (nSPS) is 21.2. The highest BCUT2D eigenvalue weighted by Crippen LogP contribution is 2.31. The molecule has 22 heavy (non-hydrogen) atoms. The second kappa shape index (κ2) is 6.14. The first-order chi connectivity index (χ1) is 10.3. The minimum absolute atomic E-state index is 0.267. The van der Waals surface area contributed by atoms with E-state index in [0.29, 0.717) is 24.8 Å². The zero-order valence-electron chi connectivity index (χ0n) is 11.8. The Bertz CT molecular complexity index is 691. The van der Waals surface area contributed by atoms with Gasteiger partial charge in [0, 0.05) is 17.8 Å². The Morgan fingerprint density at radius 1 is 1.32 bits per heavy atom. The van der Waals surface area contributed by atoms with Crippen LogP contribution in [-0.2, 0) is 14.3 Å². The number of rotatable bonds is 5. The summed E-state index contributed by atoms with van der Waals surface area (Å²) in [6, 6.07) is -0.267. The van der Waals surface area contributed by atoms with Crippen molar-refractivity contribution in [3.05, 3.63) is 32.6 Å². The monoisotopic (exact) mass is 312 g/mol. The molecule has 0 spiro atoms. The van der Waals surface area contributed by atoms with E-state index >= 15 is 0 Å². The van der Waals surface area contributed by atoms with Crippen LogP contribution in [-0.4, -0.2) is 43.9 Å². The summed E-state index contributed by atoms with van der Waals surface area (Å²) in [5.74, 6) is -3.12. The maximum atomic E-state index is 11.8. The van der Waals surface area contributed by atoms with Gasteiger partial charge in [-0.15, -0.1) is 0 Å². The van der Waals surface area contributed by atoms with Gasteiger partial charge in [0.2, 0.25) is 0 Å². The molecule has 1 aromatic rings. The molecule has 1 aromatic heterocycles. The molecule has 1 saturated carbocycles. The maximum absolute atomic E-state index is 11.8. The van der Waals surface area contributed by atoms with E-state index in [-0.39, 0.29) is 6.04 Å². The number of aryl methyl sites for hydroxylation is 1. The van der Waals surface area contributed by atoms with E-state index < -0.39 is 35.4 Å². The molecule has 0 aromatic carbocycles. The van der Waals surface area contributed by atoms with Crippen molar-refractivity contribution in [3.8, 4) is 0 Å². The highest BCUT2D eigenvalue weighted by molar-refractivity contribution is 5.96. The van der Waals surface area contributed by atoms with Crippen molar-refractivity contribution in [2.24, 2.45) is 0 Å². The van der Waals surface area contributed by atoms with Gasteiger partial charge in [0.25, 0.3) is 11.7 Å². The predicted molar refractivity (Wildman–Crippen MR) is 72.9 cm³/mol. The summed E-state index contributed by atoms with van der Waals surface area (Å²) in [6.45, 7) is 1.57. The van der Waals surface area contributed by atoms with Gasteiger partial charge in [-0.2, -0.15) is 0 Å². The van der Waals surface area contributed by atoms with E-state index in [1.54, 1.807) is 6.92 Å². The van der Waals surface area contributed by atoms with E-state index in [4.69, 9.17) is 14.9 Å². The fourth-order valence-electron chi connectivity index (χ4n) is 2.57. The third kappa shape index (κ3) is 3.25. The SMILES string of the molecule is Cc1cn([C@@H]2CC[C@H](OC(C(=O)O)C(=O)O)C2)c(=O)[nH]c1=O. The zero-order chi connectivity index (χ0) is 16.4. The number of nitrogens with one attached hydrogen (secondary N) is 1. The molecule has 0 aliphatic heterocycles. The molecule has 1 aliphatic carbocycles. The average Bonchev–Trinajstić information content (AvgIpc) is 2.88.